The average Bonchev–Trinajstić information content (AvgIpc) is 3.07. The van der Waals surface area contributed by atoms with E-state index in [4.69, 9.17) is 10.00 Å². The van der Waals surface area contributed by atoms with Crippen molar-refractivity contribution in [3.05, 3.63) is 45.6 Å². The number of para-hydroxylation sites is 2. The first kappa shape index (κ1) is 13.7. The van der Waals surface area contributed by atoms with E-state index < -0.39 is 0 Å². The zero-order valence-corrected chi connectivity index (χ0v) is 12.2. The molecule has 0 unspecified atom stereocenters. The predicted molar refractivity (Wildman–Crippen MR) is 81.8 cm³/mol. The second kappa shape index (κ2) is 5.98. The molecule has 0 fully saturated rings. The van der Waals surface area contributed by atoms with Crippen molar-refractivity contribution in [1.29, 1.82) is 5.26 Å². The van der Waals surface area contributed by atoms with Crippen molar-refractivity contribution in [2.75, 3.05) is 11.9 Å². The van der Waals surface area contributed by atoms with Crippen LogP contribution in [0.15, 0.2) is 30.3 Å². The Morgan fingerprint density at radius 2 is 2.24 bits per heavy atom. The summed E-state index contributed by atoms with van der Waals surface area (Å²) >= 11 is 1.57. The fourth-order valence-electron chi connectivity index (χ4n) is 2.43. The van der Waals surface area contributed by atoms with E-state index in [9.17, 15) is 4.79 Å². The quantitative estimate of drug-likeness (QED) is 0.941. The Balaban J connectivity index is 1.76. The molecule has 5 heteroatoms. The highest BCUT2D eigenvalue weighted by Crippen LogP contribution is 2.31. The zero-order valence-electron chi connectivity index (χ0n) is 11.4. The maximum atomic E-state index is 12.3. The van der Waals surface area contributed by atoms with Crippen molar-refractivity contribution in [3.8, 4) is 11.8 Å². The maximum absolute atomic E-state index is 12.3. The first-order chi connectivity index (χ1) is 10.3. The molecule has 0 radical (unpaired) electrons. The summed E-state index contributed by atoms with van der Waals surface area (Å²) in [5.41, 5.74) is 1.89. The van der Waals surface area contributed by atoms with Gasteiger partial charge in [-0.3, -0.25) is 4.79 Å². The number of carbonyl (C=O) groups excluding carboxylic acids is 1. The highest BCUT2D eigenvalue weighted by Gasteiger charge is 2.19. The lowest BCUT2D eigenvalue weighted by Gasteiger charge is -2.09. The van der Waals surface area contributed by atoms with Crippen LogP contribution in [0.5, 0.6) is 5.75 Å². The summed E-state index contributed by atoms with van der Waals surface area (Å²) in [5.74, 6) is 0.388. The molecule has 21 heavy (non-hydrogen) atoms. The molecule has 0 spiro atoms. The lowest BCUT2D eigenvalue weighted by Crippen LogP contribution is -2.11. The van der Waals surface area contributed by atoms with E-state index in [2.05, 4.69) is 5.32 Å². The van der Waals surface area contributed by atoms with Crippen molar-refractivity contribution in [3.63, 3.8) is 0 Å². The van der Waals surface area contributed by atoms with Gasteiger partial charge in [0.2, 0.25) is 0 Å². The molecule has 0 atom stereocenters. The molecule has 1 aromatic heterocycles. The number of nitrogens with zero attached hydrogens (tertiary/aromatic N) is 1. The molecule has 1 aromatic carbocycles. The van der Waals surface area contributed by atoms with Crippen LogP contribution < -0.4 is 10.1 Å². The van der Waals surface area contributed by atoms with Gasteiger partial charge >= 0.3 is 0 Å². The van der Waals surface area contributed by atoms with Crippen molar-refractivity contribution in [1.82, 2.24) is 0 Å². The topological polar surface area (TPSA) is 62.1 Å². The summed E-state index contributed by atoms with van der Waals surface area (Å²) in [7, 11) is 0. The monoisotopic (exact) mass is 298 g/mol. The Morgan fingerprint density at radius 3 is 3.05 bits per heavy atom. The molecule has 1 heterocycles. The van der Waals surface area contributed by atoms with Crippen LogP contribution in [0, 0.1) is 11.3 Å². The minimum absolute atomic E-state index is 0.0415. The lowest BCUT2D eigenvalue weighted by atomic mass is 10.2. The van der Waals surface area contributed by atoms with E-state index >= 15 is 0 Å². The van der Waals surface area contributed by atoms with Gasteiger partial charge in [-0.05, 0) is 43.0 Å². The number of nitriles is 1. The number of nitrogens with one attached hydrogen (secondary N) is 1. The highest BCUT2D eigenvalue weighted by molar-refractivity contribution is 7.14. The third kappa shape index (κ3) is 2.91. The molecule has 3 rings (SSSR count). The summed E-state index contributed by atoms with van der Waals surface area (Å²) in [4.78, 5) is 14.4. The van der Waals surface area contributed by atoms with Gasteiger partial charge < -0.3 is 10.1 Å². The summed E-state index contributed by atoms with van der Waals surface area (Å²) < 4.78 is 5.31. The van der Waals surface area contributed by atoms with Crippen molar-refractivity contribution in [2.24, 2.45) is 0 Å². The van der Waals surface area contributed by atoms with Crippen LogP contribution >= 0.6 is 11.3 Å². The number of carbonyl (C=O) groups is 1. The van der Waals surface area contributed by atoms with Gasteiger partial charge in [-0.1, -0.05) is 12.1 Å². The Morgan fingerprint density at radius 1 is 1.38 bits per heavy atom. The summed E-state index contributed by atoms with van der Waals surface area (Å²) in [6.07, 6.45) is 3.34. The van der Waals surface area contributed by atoms with E-state index in [1.807, 2.05) is 24.3 Å². The Hall–Kier alpha value is -2.32. The van der Waals surface area contributed by atoms with Gasteiger partial charge in [-0.2, -0.15) is 5.26 Å². The van der Waals surface area contributed by atoms with Crippen LogP contribution in [0.25, 0.3) is 0 Å². The van der Waals surface area contributed by atoms with E-state index in [1.54, 1.807) is 23.5 Å². The summed E-state index contributed by atoms with van der Waals surface area (Å²) in [6, 6.07) is 11.0. The molecule has 1 N–H and O–H groups in total. The molecule has 106 valence electrons. The number of benzene rings is 1. The number of aryl methyl sites for hydroxylation is 2. The number of anilines is 1. The maximum Gasteiger partial charge on any atom is 0.265 e. The Bertz CT molecular complexity index is 694. The number of ether oxygens (including phenoxy) is 1. The summed E-state index contributed by atoms with van der Waals surface area (Å²) in [6.45, 7) is -0.0415. The van der Waals surface area contributed by atoms with Gasteiger partial charge in [0, 0.05) is 4.88 Å². The SMILES string of the molecule is N#CCOc1ccccc1NC(=O)c1cc2c(s1)CCC2. The number of amides is 1. The first-order valence-corrected chi connectivity index (χ1v) is 7.61. The van der Waals surface area contributed by atoms with Crippen LogP contribution in [0.2, 0.25) is 0 Å². The van der Waals surface area contributed by atoms with Crippen LogP contribution in [0.3, 0.4) is 0 Å². The van der Waals surface area contributed by atoms with Crippen LogP contribution in [0.4, 0.5) is 5.69 Å². The molecule has 0 bridgehead atoms. The van der Waals surface area contributed by atoms with Crippen molar-refractivity contribution in [2.45, 2.75) is 19.3 Å². The van der Waals surface area contributed by atoms with Gasteiger partial charge in [0.1, 0.15) is 11.8 Å². The van der Waals surface area contributed by atoms with Crippen LogP contribution in [-0.4, -0.2) is 12.5 Å². The molecule has 2 aromatic rings. The highest BCUT2D eigenvalue weighted by atomic mass is 32.1. The molecule has 1 aliphatic rings. The minimum atomic E-state index is -0.123. The lowest BCUT2D eigenvalue weighted by molar-refractivity contribution is 0.103. The molecule has 0 aliphatic heterocycles. The van der Waals surface area contributed by atoms with Gasteiger partial charge in [0.05, 0.1) is 10.6 Å². The van der Waals surface area contributed by atoms with Gasteiger partial charge in [0.25, 0.3) is 5.91 Å². The van der Waals surface area contributed by atoms with Gasteiger partial charge in [0.15, 0.2) is 6.61 Å². The number of thiophene rings is 1. The zero-order chi connectivity index (χ0) is 14.7. The van der Waals surface area contributed by atoms with Gasteiger partial charge in [-0.25, -0.2) is 0 Å². The standard InChI is InChI=1S/C16H14N2O2S/c17-8-9-20-13-6-2-1-5-12(13)18-16(19)15-10-11-4-3-7-14(11)21-15/h1-2,5-6,10H,3-4,7,9H2,(H,18,19). The van der Waals surface area contributed by atoms with E-state index in [1.165, 1.54) is 16.9 Å². The minimum Gasteiger partial charge on any atom is -0.477 e. The van der Waals surface area contributed by atoms with E-state index in [-0.39, 0.29) is 12.5 Å². The van der Waals surface area contributed by atoms with E-state index in [0.29, 0.717) is 11.4 Å². The third-order valence-corrected chi connectivity index (χ3v) is 4.63. The Labute approximate surface area is 127 Å². The molecule has 4 nitrogen and oxygen atoms in total. The number of hydrogen-bond acceptors (Lipinski definition) is 4. The van der Waals surface area contributed by atoms with Crippen LogP contribution in [-0.2, 0) is 12.8 Å². The second-order valence-electron chi connectivity index (χ2n) is 4.81. The van der Waals surface area contributed by atoms with Gasteiger partial charge in [-0.15, -0.1) is 11.3 Å². The number of hydrogen-bond donors (Lipinski definition) is 1. The van der Waals surface area contributed by atoms with Crippen molar-refractivity contribution < 1.29 is 9.53 Å². The molecule has 0 saturated carbocycles. The average molecular weight is 298 g/mol. The molecular formula is C16H14N2O2S. The van der Waals surface area contributed by atoms with Crippen molar-refractivity contribution >= 4 is 22.9 Å². The smallest absolute Gasteiger partial charge is 0.265 e. The first-order valence-electron chi connectivity index (χ1n) is 6.79. The normalized spacial score (nSPS) is 12.5. The number of fused-ring (bicyclic) bond motifs is 1. The molecule has 1 amide bonds. The fraction of sp³-hybridized carbons (Fsp3) is 0.250. The largest absolute Gasteiger partial charge is 0.477 e. The van der Waals surface area contributed by atoms with E-state index in [0.717, 1.165) is 17.7 Å². The number of rotatable bonds is 4. The fourth-order valence-corrected chi connectivity index (χ4v) is 3.58. The predicted octanol–water partition coefficient (Wildman–Crippen LogP) is 3.39. The molecule has 0 saturated heterocycles. The molecule has 1 aliphatic carbocycles. The van der Waals surface area contributed by atoms with Crippen LogP contribution in [0.1, 0.15) is 26.5 Å². The second-order valence-corrected chi connectivity index (χ2v) is 5.95. The molecular weight excluding hydrogens is 284 g/mol. The Kier molecular flexibility index (Phi) is 3.89. The summed E-state index contributed by atoms with van der Waals surface area (Å²) in [5, 5.41) is 11.4. The third-order valence-electron chi connectivity index (χ3n) is 3.40.